The Morgan fingerprint density at radius 2 is 2.14 bits per heavy atom. The zero-order valence-electron chi connectivity index (χ0n) is 13.0. The van der Waals surface area contributed by atoms with Crippen LogP contribution in [-0.2, 0) is 16.1 Å². The van der Waals surface area contributed by atoms with Gasteiger partial charge in [0.1, 0.15) is 12.7 Å². The molecule has 3 heterocycles. The maximum Gasteiger partial charge on any atom is 0.220 e. The van der Waals surface area contributed by atoms with Gasteiger partial charge in [0.15, 0.2) is 0 Å². The molecule has 1 N–H and O–H groups in total. The highest BCUT2D eigenvalue weighted by atomic mass is 16.5. The average Bonchev–Trinajstić information content (AvgIpc) is 3.20. The molecule has 2 atom stereocenters. The van der Waals surface area contributed by atoms with E-state index in [1.54, 1.807) is 11.0 Å². The second kappa shape index (κ2) is 7.69. The highest BCUT2D eigenvalue weighted by Crippen LogP contribution is 2.19. The number of nitrogens with zero attached hydrogens (tertiary/aromatic N) is 4. The van der Waals surface area contributed by atoms with Gasteiger partial charge < -0.3 is 10.1 Å². The summed E-state index contributed by atoms with van der Waals surface area (Å²) < 4.78 is 7.36. The molecule has 0 spiro atoms. The van der Waals surface area contributed by atoms with Gasteiger partial charge in [-0.1, -0.05) is 6.42 Å². The van der Waals surface area contributed by atoms with E-state index >= 15 is 0 Å². The fraction of sp³-hybridized carbons (Fsp3) is 0.800. The highest BCUT2D eigenvalue weighted by molar-refractivity contribution is 5.76. The van der Waals surface area contributed by atoms with Crippen molar-refractivity contribution in [3.63, 3.8) is 0 Å². The molecule has 0 saturated carbocycles. The molecule has 2 aliphatic rings. The van der Waals surface area contributed by atoms with Gasteiger partial charge in [0.25, 0.3) is 0 Å². The van der Waals surface area contributed by atoms with Crippen molar-refractivity contribution in [2.75, 3.05) is 26.3 Å². The lowest BCUT2D eigenvalue weighted by atomic mass is 10.0. The molecular formula is C15H25N5O2. The number of aryl methyl sites for hydroxylation is 1. The van der Waals surface area contributed by atoms with Crippen LogP contribution in [0.3, 0.4) is 0 Å². The number of hydrogen-bond acceptors (Lipinski definition) is 5. The van der Waals surface area contributed by atoms with Gasteiger partial charge >= 0.3 is 0 Å². The third kappa shape index (κ3) is 4.04. The first-order valence-electron chi connectivity index (χ1n) is 8.26. The third-order valence-electron chi connectivity index (χ3n) is 4.51. The van der Waals surface area contributed by atoms with Crippen molar-refractivity contribution in [3.05, 3.63) is 12.7 Å². The lowest BCUT2D eigenvalue weighted by Crippen LogP contribution is -2.52. The minimum Gasteiger partial charge on any atom is -0.378 e. The van der Waals surface area contributed by atoms with Gasteiger partial charge in [0, 0.05) is 13.0 Å². The van der Waals surface area contributed by atoms with Crippen LogP contribution in [0.2, 0.25) is 0 Å². The van der Waals surface area contributed by atoms with E-state index in [4.69, 9.17) is 4.74 Å². The van der Waals surface area contributed by atoms with Crippen molar-refractivity contribution in [2.45, 2.75) is 50.7 Å². The van der Waals surface area contributed by atoms with Gasteiger partial charge in [-0.25, -0.2) is 4.98 Å². The fourth-order valence-corrected chi connectivity index (χ4v) is 3.32. The second-order valence-electron chi connectivity index (χ2n) is 6.14. The minimum absolute atomic E-state index is 0.109. The molecule has 0 aliphatic carbocycles. The smallest absolute Gasteiger partial charge is 0.220 e. The molecule has 1 aromatic heterocycles. The van der Waals surface area contributed by atoms with Crippen LogP contribution in [0.4, 0.5) is 0 Å². The quantitative estimate of drug-likeness (QED) is 0.825. The van der Waals surface area contributed by atoms with E-state index in [-0.39, 0.29) is 11.9 Å². The van der Waals surface area contributed by atoms with Crippen molar-refractivity contribution in [1.29, 1.82) is 0 Å². The summed E-state index contributed by atoms with van der Waals surface area (Å²) in [4.78, 5) is 18.5. The number of rotatable bonds is 6. The zero-order chi connectivity index (χ0) is 15.2. The van der Waals surface area contributed by atoms with Crippen LogP contribution in [0.1, 0.15) is 32.1 Å². The first kappa shape index (κ1) is 15.4. The molecule has 3 rings (SSSR count). The van der Waals surface area contributed by atoms with Gasteiger partial charge in [-0.2, -0.15) is 5.10 Å². The number of piperidine rings is 1. The van der Waals surface area contributed by atoms with Gasteiger partial charge in [0.2, 0.25) is 5.91 Å². The van der Waals surface area contributed by atoms with Crippen LogP contribution in [-0.4, -0.2) is 64.0 Å². The van der Waals surface area contributed by atoms with Crippen LogP contribution in [0.25, 0.3) is 0 Å². The summed E-state index contributed by atoms with van der Waals surface area (Å²) in [5.41, 5.74) is 0. The van der Waals surface area contributed by atoms with E-state index in [2.05, 4.69) is 20.3 Å². The van der Waals surface area contributed by atoms with E-state index < -0.39 is 0 Å². The summed E-state index contributed by atoms with van der Waals surface area (Å²) in [6.07, 6.45) is 8.32. The Labute approximate surface area is 131 Å². The lowest BCUT2D eigenvalue weighted by molar-refractivity contribution is -0.122. The summed E-state index contributed by atoms with van der Waals surface area (Å²) in [7, 11) is 0. The normalized spacial score (nSPS) is 26.2. The van der Waals surface area contributed by atoms with Crippen molar-refractivity contribution in [3.8, 4) is 0 Å². The number of amides is 1. The molecule has 0 unspecified atom stereocenters. The molecule has 1 amide bonds. The van der Waals surface area contributed by atoms with E-state index in [1.165, 1.54) is 25.6 Å². The largest absolute Gasteiger partial charge is 0.378 e. The third-order valence-corrected chi connectivity index (χ3v) is 4.51. The highest BCUT2D eigenvalue weighted by Gasteiger charge is 2.34. The predicted molar refractivity (Wildman–Crippen MR) is 81.2 cm³/mol. The van der Waals surface area contributed by atoms with Gasteiger partial charge in [-0.3, -0.25) is 14.4 Å². The molecular weight excluding hydrogens is 282 g/mol. The van der Waals surface area contributed by atoms with Crippen LogP contribution in [0.15, 0.2) is 12.7 Å². The Balaban J connectivity index is 1.41. The summed E-state index contributed by atoms with van der Waals surface area (Å²) in [6.45, 7) is 4.36. The number of likely N-dealkylation sites (tertiary alicyclic amines) is 1. The summed E-state index contributed by atoms with van der Waals surface area (Å²) in [5, 5.41) is 7.19. The summed E-state index contributed by atoms with van der Waals surface area (Å²) in [6, 6.07) is 0.483. The van der Waals surface area contributed by atoms with Crippen molar-refractivity contribution in [1.82, 2.24) is 25.0 Å². The van der Waals surface area contributed by atoms with Gasteiger partial charge in [0.05, 0.1) is 25.3 Å². The standard InChI is InChI=1S/C15H25N5O2/c21-15(5-4-8-20-12-16-11-17-20)18-13-9-22-10-14(13)19-6-2-1-3-7-19/h11-14H,1-10H2,(H,18,21)/t13-,14-/m0/s1. The number of carbonyl (C=O) groups is 1. The van der Waals surface area contributed by atoms with Crippen molar-refractivity contribution < 1.29 is 9.53 Å². The predicted octanol–water partition coefficient (Wildman–Crippen LogP) is 0.428. The number of carbonyl (C=O) groups excluding carboxylic acids is 1. The number of nitrogens with one attached hydrogen (secondary N) is 1. The van der Waals surface area contributed by atoms with Crippen LogP contribution < -0.4 is 5.32 Å². The zero-order valence-corrected chi connectivity index (χ0v) is 13.0. The van der Waals surface area contributed by atoms with Crippen LogP contribution >= 0.6 is 0 Å². The SMILES string of the molecule is O=C(CCCn1cncn1)N[C@H]1COC[C@@H]1N1CCCCC1. The van der Waals surface area contributed by atoms with E-state index in [0.717, 1.165) is 32.7 Å². The second-order valence-corrected chi connectivity index (χ2v) is 6.14. The van der Waals surface area contributed by atoms with Gasteiger partial charge in [-0.05, 0) is 32.4 Å². The minimum atomic E-state index is 0.109. The van der Waals surface area contributed by atoms with Gasteiger partial charge in [-0.15, -0.1) is 0 Å². The molecule has 0 bridgehead atoms. The fourth-order valence-electron chi connectivity index (χ4n) is 3.32. The molecule has 1 aromatic rings. The Kier molecular flexibility index (Phi) is 5.39. The van der Waals surface area contributed by atoms with Crippen LogP contribution in [0, 0.1) is 0 Å². The number of hydrogen-bond donors (Lipinski definition) is 1. The number of ether oxygens (including phenoxy) is 1. The molecule has 0 aromatic carbocycles. The maximum atomic E-state index is 12.1. The molecule has 2 aliphatic heterocycles. The first-order chi connectivity index (χ1) is 10.8. The molecule has 2 saturated heterocycles. The Morgan fingerprint density at radius 3 is 2.91 bits per heavy atom. The van der Waals surface area contributed by atoms with Crippen LogP contribution in [0.5, 0.6) is 0 Å². The Morgan fingerprint density at radius 1 is 1.27 bits per heavy atom. The Hall–Kier alpha value is -1.47. The molecule has 7 heteroatoms. The van der Waals surface area contributed by atoms with Crippen molar-refractivity contribution in [2.24, 2.45) is 0 Å². The maximum absolute atomic E-state index is 12.1. The number of aromatic nitrogens is 3. The average molecular weight is 307 g/mol. The van der Waals surface area contributed by atoms with Crippen molar-refractivity contribution >= 4 is 5.91 Å². The Bertz CT molecular complexity index is 459. The molecule has 0 radical (unpaired) electrons. The van der Waals surface area contributed by atoms with E-state index in [9.17, 15) is 4.79 Å². The monoisotopic (exact) mass is 307 g/mol. The molecule has 122 valence electrons. The molecule has 22 heavy (non-hydrogen) atoms. The van der Waals surface area contributed by atoms with E-state index in [0.29, 0.717) is 19.1 Å². The summed E-state index contributed by atoms with van der Waals surface area (Å²) >= 11 is 0. The molecule has 7 nitrogen and oxygen atoms in total. The van der Waals surface area contributed by atoms with E-state index in [1.807, 2.05) is 0 Å². The topological polar surface area (TPSA) is 72.3 Å². The first-order valence-corrected chi connectivity index (χ1v) is 8.26. The molecule has 2 fully saturated rings. The summed E-state index contributed by atoms with van der Waals surface area (Å²) in [5.74, 6) is 0.109. The lowest BCUT2D eigenvalue weighted by Gasteiger charge is -2.34.